The molecule has 2 N–H and O–H groups in total. The van der Waals surface area contributed by atoms with Crippen molar-refractivity contribution in [2.45, 2.75) is 32.5 Å². The van der Waals surface area contributed by atoms with Crippen LogP contribution in [-0.2, 0) is 17.8 Å². The number of nitrogens with zero attached hydrogens (tertiary/aromatic N) is 3. The summed E-state index contributed by atoms with van der Waals surface area (Å²) in [5.41, 5.74) is 2.30. The van der Waals surface area contributed by atoms with Crippen LogP contribution in [0.25, 0.3) is 0 Å². The lowest BCUT2D eigenvalue weighted by Crippen LogP contribution is -2.38. The molecule has 0 spiro atoms. The van der Waals surface area contributed by atoms with Gasteiger partial charge in [-0.2, -0.15) is 0 Å². The Kier molecular flexibility index (Phi) is 6.49. The molecule has 3 rings (SSSR count). The number of aliphatic imine (C=N–C) groups is 1. The van der Waals surface area contributed by atoms with E-state index in [4.69, 9.17) is 9.47 Å². The van der Waals surface area contributed by atoms with Crippen molar-refractivity contribution in [2.75, 3.05) is 26.8 Å². The number of ether oxygens (including phenoxy) is 2. The van der Waals surface area contributed by atoms with Crippen molar-refractivity contribution in [2.24, 2.45) is 4.99 Å². The van der Waals surface area contributed by atoms with E-state index in [0.29, 0.717) is 13.2 Å². The van der Waals surface area contributed by atoms with E-state index < -0.39 is 0 Å². The maximum absolute atomic E-state index is 6.15. The van der Waals surface area contributed by atoms with E-state index in [2.05, 4.69) is 45.7 Å². The number of benzene rings is 1. The summed E-state index contributed by atoms with van der Waals surface area (Å²) < 4.78 is 13.6. The Balaban J connectivity index is 1.53. The van der Waals surface area contributed by atoms with Gasteiger partial charge in [0.1, 0.15) is 11.9 Å². The van der Waals surface area contributed by atoms with Gasteiger partial charge in [0.15, 0.2) is 5.96 Å². The first-order chi connectivity index (χ1) is 12.7. The summed E-state index contributed by atoms with van der Waals surface area (Å²) in [5.74, 6) is 1.68. The monoisotopic (exact) mass is 357 g/mol. The molecule has 0 amide bonds. The Morgan fingerprint density at radius 3 is 3.08 bits per heavy atom. The van der Waals surface area contributed by atoms with E-state index in [9.17, 15) is 0 Å². The SMILES string of the molecule is CN=C(NCCn1ccnc1)NCc1ccc(C)cc1OC1CCOC1. The van der Waals surface area contributed by atoms with Crippen LogP contribution in [0.5, 0.6) is 5.75 Å². The molecule has 1 unspecified atom stereocenters. The first kappa shape index (κ1) is 18.3. The molecule has 1 aromatic carbocycles. The van der Waals surface area contributed by atoms with Gasteiger partial charge >= 0.3 is 0 Å². The van der Waals surface area contributed by atoms with Crippen molar-refractivity contribution in [3.8, 4) is 5.75 Å². The molecule has 0 saturated carbocycles. The predicted molar refractivity (Wildman–Crippen MR) is 101 cm³/mol. The Labute approximate surface area is 154 Å². The topological polar surface area (TPSA) is 72.7 Å². The summed E-state index contributed by atoms with van der Waals surface area (Å²) in [4.78, 5) is 8.32. The highest BCUT2D eigenvalue weighted by Crippen LogP contribution is 2.23. The summed E-state index contributed by atoms with van der Waals surface area (Å²) in [6.07, 6.45) is 6.61. The molecule has 0 bridgehead atoms. The van der Waals surface area contributed by atoms with E-state index in [-0.39, 0.29) is 6.10 Å². The van der Waals surface area contributed by atoms with Crippen LogP contribution in [0.2, 0.25) is 0 Å². The first-order valence-electron chi connectivity index (χ1n) is 8.99. The number of rotatable bonds is 7. The molecule has 7 heteroatoms. The maximum atomic E-state index is 6.15. The van der Waals surface area contributed by atoms with Gasteiger partial charge in [-0.15, -0.1) is 0 Å². The smallest absolute Gasteiger partial charge is 0.191 e. The van der Waals surface area contributed by atoms with Crippen LogP contribution in [0, 0.1) is 6.92 Å². The van der Waals surface area contributed by atoms with E-state index in [1.54, 1.807) is 19.6 Å². The number of hydrogen-bond donors (Lipinski definition) is 2. The molecule has 2 heterocycles. The van der Waals surface area contributed by atoms with E-state index in [1.807, 2.05) is 10.8 Å². The summed E-state index contributed by atoms with van der Waals surface area (Å²) in [5, 5.41) is 6.66. The molecule has 1 atom stereocenters. The van der Waals surface area contributed by atoms with Crippen molar-refractivity contribution < 1.29 is 9.47 Å². The lowest BCUT2D eigenvalue weighted by Gasteiger charge is -2.18. The van der Waals surface area contributed by atoms with Crippen LogP contribution in [-0.4, -0.2) is 48.4 Å². The third-order valence-electron chi connectivity index (χ3n) is 4.30. The average molecular weight is 357 g/mol. The van der Waals surface area contributed by atoms with Crippen LogP contribution in [0.1, 0.15) is 17.5 Å². The van der Waals surface area contributed by atoms with Crippen molar-refractivity contribution in [1.29, 1.82) is 0 Å². The quantitative estimate of drug-likeness (QED) is 0.583. The van der Waals surface area contributed by atoms with Crippen LogP contribution < -0.4 is 15.4 Å². The van der Waals surface area contributed by atoms with Crippen molar-refractivity contribution in [1.82, 2.24) is 20.2 Å². The molecule has 7 nitrogen and oxygen atoms in total. The van der Waals surface area contributed by atoms with Gasteiger partial charge in [0.2, 0.25) is 0 Å². The zero-order valence-corrected chi connectivity index (χ0v) is 15.4. The van der Waals surface area contributed by atoms with Crippen LogP contribution >= 0.6 is 0 Å². The van der Waals surface area contributed by atoms with E-state index in [0.717, 1.165) is 43.4 Å². The van der Waals surface area contributed by atoms with Crippen LogP contribution in [0.15, 0.2) is 41.9 Å². The molecule has 1 fully saturated rings. The maximum Gasteiger partial charge on any atom is 0.191 e. The third kappa shape index (κ3) is 5.23. The summed E-state index contributed by atoms with van der Waals surface area (Å²) >= 11 is 0. The molecule has 1 saturated heterocycles. The van der Waals surface area contributed by atoms with Gasteiger partial charge in [-0.05, 0) is 18.6 Å². The standard InChI is InChI=1S/C19H27N5O2/c1-15-3-4-16(18(11-15)26-17-5-10-25-13-17)12-23-19(20-2)22-7-9-24-8-6-21-14-24/h3-4,6,8,11,14,17H,5,7,9-10,12-13H2,1-2H3,(H2,20,22,23). The van der Waals surface area contributed by atoms with E-state index >= 15 is 0 Å². The van der Waals surface area contributed by atoms with Crippen LogP contribution in [0.3, 0.4) is 0 Å². The van der Waals surface area contributed by atoms with Gasteiger partial charge in [-0.1, -0.05) is 12.1 Å². The van der Waals surface area contributed by atoms with Gasteiger partial charge in [-0.3, -0.25) is 4.99 Å². The van der Waals surface area contributed by atoms with Gasteiger partial charge in [0.25, 0.3) is 0 Å². The summed E-state index contributed by atoms with van der Waals surface area (Å²) in [7, 11) is 1.77. The lowest BCUT2D eigenvalue weighted by atomic mass is 10.1. The molecular weight excluding hydrogens is 330 g/mol. The van der Waals surface area contributed by atoms with Gasteiger partial charge in [0.05, 0.1) is 19.5 Å². The molecule has 2 aromatic rings. The van der Waals surface area contributed by atoms with Gasteiger partial charge < -0.3 is 24.7 Å². The van der Waals surface area contributed by atoms with Crippen molar-refractivity contribution in [3.63, 3.8) is 0 Å². The molecule has 0 aliphatic carbocycles. The number of hydrogen-bond acceptors (Lipinski definition) is 4. The second-order valence-electron chi connectivity index (χ2n) is 6.37. The summed E-state index contributed by atoms with van der Waals surface area (Å²) in [6, 6.07) is 6.29. The van der Waals surface area contributed by atoms with Crippen molar-refractivity contribution >= 4 is 5.96 Å². The Hall–Kier alpha value is -2.54. The highest BCUT2D eigenvalue weighted by molar-refractivity contribution is 5.79. The lowest BCUT2D eigenvalue weighted by molar-refractivity contribution is 0.140. The summed E-state index contributed by atoms with van der Waals surface area (Å²) in [6.45, 7) is 5.77. The fourth-order valence-electron chi connectivity index (χ4n) is 2.82. The Morgan fingerprint density at radius 1 is 1.42 bits per heavy atom. The third-order valence-corrected chi connectivity index (χ3v) is 4.30. The number of aryl methyl sites for hydroxylation is 1. The average Bonchev–Trinajstić information content (AvgIpc) is 3.33. The number of guanidine groups is 1. The van der Waals surface area contributed by atoms with Crippen molar-refractivity contribution in [3.05, 3.63) is 48.0 Å². The van der Waals surface area contributed by atoms with Gasteiger partial charge in [-0.25, -0.2) is 4.98 Å². The van der Waals surface area contributed by atoms with E-state index in [1.165, 1.54) is 5.56 Å². The Morgan fingerprint density at radius 2 is 2.35 bits per heavy atom. The second kappa shape index (κ2) is 9.24. The fourth-order valence-corrected chi connectivity index (χ4v) is 2.82. The minimum Gasteiger partial charge on any atom is -0.488 e. The molecular formula is C19H27N5O2. The zero-order chi connectivity index (χ0) is 18.2. The number of imidazole rings is 1. The minimum absolute atomic E-state index is 0.142. The highest BCUT2D eigenvalue weighted by Gasteiger charge is 2.18. The first-order valence-corrected chi connectivity index (χ1v) is 8.99. The van der Waals surface area contributed by atoms with Gasteiger partial charge in [0, 0.05) is 51.1 Å². The zero-order valence-electron chi connectivity index (χ0n) is 15.4. The largest absolute Gasteiger partial charge is 0.488 e. The minimum atomic E-state index is 0.142. The Bertz CT molecular complexity index is 709. The molecule has 1 aromatic heterocycles. The molecule has 140 valence electrons. The van der Waals surface area contributed by atoms with Crippen LogP contribution in [0.4, 0.5) is 0 Å². The predicted octanol–water partition coefficient (Wildman–Crippen LogP) is 1.72. The second-order valence-corrected chi connectivity index (χ2v) is 6.37. The molecule has 1 aliphatic heterocycles. The molecule has 0 radical (unpaired) electrons. The highest BCUT2D eigenvalue weighted by atomic mass is 16.5. The molecule has 1 aliphatic rings. The fraction of sp³-hybridized carbons (Fsp3) is 0.474. The molecule has 26 heavy (non-hydrogen) atoms. The normalized spacial score (nSPS) is 17.3. The number of nitrogens with one attached hydrogen (secondary N) is 2. The number of aromatic nitrogens is 2.